The van der Waals surface area contributed by atoms with Crippen molar-refractivity contribution >= 4 is 11.6 Å². The van der Waals surface area contributed by atoms with Crippen molar-refractivity contribution in [2.75, 3.05) is 5.32 Å². The molecule has 6 nitrogen and oxygen atoms in total. The van der Waals surface area contributed by atoms with Crippen LogP contribution in [0.25, 0.3) is 0 Å². The second-order valence-corrected chi connectivity index (χ2v) is 6.85. The standard InChI is InChI=1S/C20H23N5O/c1-3-25-14(2)16(10-22-25)12-24-13-17(11-21-24)23-20(26)19-9-18(19)15-7-5-4-6-8-15/h4-8,10-11,13,18-19H,3,9,12H2,1-2H3,(H,23,26). The number of anilines is 1. The molecule has 0 aliphatic heterocycles. The lowest BCUT2D eigenvalue weighted by atomic mass is 10.1. The Balaban J connectivity index is 1.36. The average Bonchev–Trinajstić information content (AvgIpc) is 3.24. The van der Waals surface area contributed by atoms with E-state index in [0.717, 1.165) is 29.9 Å². The second-order valence-electron chi connectivity index (χ2n) is 6.85. The molecule has 3 aromatic rings. The summed E-state index contributed by atoms with van der Waals surface area (Å²) in [6.07, 6.45) is 6.38. The highest BCUT2D eigenvalue weighted by atomic mass is 16.2. The molecular weight excluding hydrogens is 326 g/mol. The van der Waals surface area contributed by atoms with E-state index in [-0.39, 0.29) is 11.8 Å². The quantitative estimate of drug-likeness (QED) is 0.743. The first-order valence-corrected chi connectivity index (χ1v) is 9.05. The van der Waals surface area contributed by atoms with E-state index in [9.17, 15) is 4.79 Å². The van der Waals surface area contributed by atoms with Crippen molar-refractivity contribution in [2.45, 2.75) is 39.3 Å². The van der Waals surface area contributed by atoms with E-state index in [1.807, 2.05) is 40.0 Å². The number of carbonyl (C=O) groups excluding carboxylic acids is 1. The van der Waals surface area contributed by atoms with Gasteiger partial charge in [0, 0.05) is 29.9 Å². The van der Waals surface area contributed by atoms with Gasteiger partial charge in [0.25, 0.3) is 0 Å². The Morgan fingerprint density at radius 2 is 2.04 bits per heavy atom. The molecule has 1 aliphatic rings. The van der Waals surface area contributed by atoms with E-state index in [4.69, 9.17) is 0 Å². The molecule has 1 saturated carbocycles. The first-order chi connectivity index (χ1) is 12.7. The minimum Gasteiger partial charge on any atom is -0.323 e. The fourth-order valence-electron chi connectivity index (χ4n) is 3.44. The lowest BCUT2D eigenvalue weighted by Crippen LogP contribution is -2.14. The number of benzene rings is 1. The van der Waals surface area contributed by atoms with Crippen molar-refractivity contribution in [2.24, 2.45) is 5.92 Å². The van der Waals surface area contributed by atoms with Crippen LogP contribution in [0, 0.1) is 12.8 Å². The van der Waals surface area contributed by atoms with Gasteiger partial charge in [-0.05, 0) is 31.7 Å². The van der Waals surface area contributed by atoms with E-state index in [1.54, 1.807) is 6.20 Å². The van der Waals surface area contributed by atoms with Crippen LogP contribution in [0.5, 0.6) is 0 Å². The molecule has 1 amide bonds. The molecule has 6 heteroatoms. The minimum atomic E-state index is 0.0609. The van der Waals surface area contributed by atoms with E-state index in [1.165, 1.54) is 5.56 Å². The van der Waals surface area contributed by atoms with E-state index in [0.29, 0.717) is 12.5 Å². The first-order valence-electron chi connectivity index (χ1n) is 9.05. The molecule has 0 saturated heterocycles. The van der Waals surface area contributed by atoms with Gasteiger partial charge in [0.05, 0.1) is 24.6 Å². The summed E-state index contributed by atoms with van der Waals surface area (Å²) >= 11 is 0. The van der Waals surface area contributed by atoms with Gasteiger partial charge in [0.1, 0.15) is 0 Å². The van der Waals surface area contributed by atoms with Crippen LogP contribution in [0.2, 0.25) is 0 Å². The molecule has 1 N–H and O–H groups in total. The summed E-state index contributed by atoms with van der Waals surface area (Å²) < 4.78 is 3.81. The molecule has 2 heterocycles. The lowest BCUT2D eigenvalue weighted by Gasteiger charge is -2.03. The topological polar surface area (TPSA) is 64.7 Å². The zero-order valence-electron chi connectivity index (χ0n) is 15.1. The summed E-state index contributed by atoms with van der Waals surface area (Å²) in [6.45, 7) is 5.65. The first kappa shape index (κ1) is 16.6. The molecule has 2 atom stereocenters. The smallest absolute Gasteiger partial charge is 0.228 e. The molecule has 134 valence electrons. The number of carbonyl (C=O) groups is 1. The van der Waals surface area contributed by atoms with E-state index in [2.05, 4.69) is 41.5 Å². The molecule has 1 fully saturated rings. The Morgan fingerprint density at radius 1 is 1.23 bits per heavy atom. The summed E-state index contributed by atoms with van der Waals surface area (Å²) in [4.78, 5) is 12.5. The molecule has 26 heavy (non-hydrogen) atoms. The van der Waals surface area contributed by atoms with Gasteiger partial charge in [0.15, 0.2) is 0 Å². The van der Waals surface area contributed by atoms with Crippen molar-refractivity contribution in [1.29, 1.82) is 0 Å². The van der Waals surface area contributed by atoms with Crippen molar-refractivity contribution in [3.05, 3.63) is 65.7 Å². The molecule has 1 aliphatic carbocycles. The number of nitrogens with one attached hydrogen (secondary N) is 1. The van der Waals surface area contributed by atoms with Gasteiger partial charge in [-0.1, -0.05) is 30.3 Å². The van der Waals surface area contributed by atoms with Gasteiger partial charge in [-0.3, -0.25) is 14.2 Å². The number of amides is 1. The predicted molar refractivity (Wildman–Crippen MR) is 99.9 cm³/mol. The maximum Gasteiger partial charge on any atom is 0.228 e. The number of hydrogen-bond acceptors (Lipinski definition) is 3. The fourth-order valence-corrected chi connectivity index (χ4v) is 3.44. The minimum absolute atomic E-state index is 0.0609. The van der Waals surface area contributed by atoms with Crippen LogP contribution in [-0.4, -0.2) is 25.5 Å². The maximum atomic E-state index is 12.5. The van der Waals surface area contributed by atoms with Crippen LogP contribution in [-0.2, 0) is 17.9 Å². The molecule has 0 radical (unpaired) electrons. The number of hydrogen-bond donors (Lipinski definition) is 1. The Labute approximate surface area is 152 Å². The van der Waals surface area contributed by atoms with E-state index < -0.39 is 0 Å². The molecule has 2 aromatic heterocycles. The third-order valence-corrected chi connectivity index (χ3v) is 5.09. The van der Waals surface area contributed by atoms with Gasteiger partial charge in [0.2, 0.25) is 5.91 Å². The monoisotopic (exact) mass is 349 g/mol. The summed E-state index contributed by atoms with van der Waals surface area (Å²) in [5, 5.41) is 11.7. The van der Waals surface area contributed by atoms with Gasteiger partial charge < -0.3 is 5.32 Å². The van der Waals surface area contributed by atoms with Gasteiger partial charge in [-0.2, -0.15) is 10.2 Å². The SMILES string of the molecule is CCn1ncc(Cn2cc(NC(=O)C3CC3c3ccccc3)cn2)c1C. The Morgan fingerprint density at radius 3 is 2.77 bits per heavy atom. The van der Waals surface area contributed by atoms with Crippen LogP contribution in [0.4, 0.5) is 5.69 Å². The van der Waals surface area contributed by atoms with Crippen molar-refractivity contribution < 1.29 is 4.79 Å². The number of aromatic nitrogens is 4. The zero-order chi connectivity index (χ0) is 18.1. The number of aryl methyl sites for hydroxylation is 1. The summed E-state index contributed by atoms with van der Waals surface area (Å²) in [6, 6.07) is 10.2. The largest absolute Gasteiger partial charge is 0.323 e. The van der Waals surface area contributed by atoms with Crippen molar-refractivity contribution in [1.82, 2.24) is 19.6 Å². The highest BCUT2D eigenvalue weighted by Gasteiger charge is 2.43. The van der Waals surface area contributed by atoms with E-state index >= 15 is 0 Å². The molecule has 2 unspecified atom stereocenters. The normalized spacial score (nSPS) is 18.7. The summed E-state index contributed by atoms with van der Waals surface area (Å²) in [7, 11) is 0. The van der Waals surface area contributed by atoms with Crippen molar-refractivity contribution in [3.63, 3.8) is 0 Å². The molecule has 0 bridgehead atoms. The van der Waals surface area contributed by atoms with Crippen molar-refractivity contribution in [3.8, 4) is 0 Å². The molecule has 4 rings (SSSR count). The zero-order valence-corrected chi connectivity index (χ0v) is 15.1. The predicted octanol–water partition coefficient (Wildman–Crippen LogP) is 3.20. The van der Waals surface area contributed by atoms with Gasteiger partial charge >= 0.3 is 0 Å². The van der Waals surface area contributed by atoms with Crippen LogP contribution < -0.4 is 5.32 Å². The second kappa shape index (κ2) is 6.78. The maximum absolute atomic E-state index is 12.5. The fraction of sp³-hybridized carbons (Fsp3) is 0.350. The molecule has 0 spiro atoms. The summed E-state index contributed by atoms with van der Waals surface area (Å²) in [5.74, 6) is 0.480. The molecular formula is C20H23N5O. The van der Waals surface area contributed by atoms with Gasteiger partial charge in [-0.25, -0.2) is 0 Å². The average molecular weight is 349 g/mol. The lowest BCUT2D eigenvalue weighted by molar-refractivity contribution is -0.117. The highest BCUT2D eigenvalue weighted by Crippen LogP contribution is 2.47. The van der Waals surface area contributed by atoms with Crippen LogP contribution >= 0.6 is 0 Å². The highest BCUT2D eigenvalue weighted by molar-refractivity contribution is 5.95. The number of nitrogens with zero attached hydrogens (tertiary/aromatic N) is 4. The number of rotatable bonds is 6. The Kier molecular flexibility index (Phi) is 4.32. The molecule has 1 aromatic carbocycles. The van der Waals surface area contributed by atoms with Crippen LogP contribution in [0.1, 0.15) is 36.1 Å². The third-order valence-electron chi connectivity index (χ3n) is 5.09. The van der Waals surface area contributed by atoms with Crippen LogP contribution in [0.3, 0.4) is 0 Å². The Bertz CT molecular complexity index is 911. The Hall–Kier alpha value is -2.89. The summed E-state index contributed by atoms with van der Waals surface area (Å²) in [5.41, 5.74) is 4.28. The van der Waals surface area contributed by atoms with Crippen LogP contribution in [0.15, 0.2) is 48.9 Å². The third kappa shape index (κ3) is 3.27. The van der Waals surface area contributed by atoms with Gasteiger partial charge in [-0.15, -0.1) is 0 Å².